The fourth-order valence-electron chi connectivity index (χ4n) is 1.73. The molecule has 0 radical (unpaired) electrons. The molecule has 0 aliphatic rings. The van der Waals surface area contributed by atoms with Crippen molar-refractivity contribution >= 4 is 0 Å². The van der Waals surface area contributed by atoms with Crippen molar-refractivity contribution in [3.8, 4) is 0 Å². The van der Waals surface area contributed by atoms with Gasteiger partial charge in [-0.3, -0.25) is 4.90 Å². The first-order valence-corrected chi connectivity index (χ1v) is 5.69. The van der Waals surface area contributed by atoms with E-state index in [0.717, 1.165) is 32.8 Å². The Morgan fingerprint density at radius 1 is 1.29 bits per heavy atom. The predicted octanol–water partition coefficient (Wildman–Crippen LogP) is 1.33. The second-order valence-corrected chi connectivity index (χ2v) is 3.87. The highest BCUT2D eigenvalue weighted by atomic mass is 16.5. The van der Waals surface area contributed by atoms with E-state index in [-0.39, 0.29) is 0 Å². The van der Waals surface area contributed by atoms with Crippen LogP contribution in [0.4, 0.5) is 0 Å². The van der Waals surface area contributed by atoms with Gasteiger partial charge in [-0.2, -0.15) is 0 Å². The Hall–Kier alpha value is -0.120. The lowest BCUT2D eigenvalue weighted by Crippen LogP contribution is -2.45. The van der Waals surface area contributed by atoms with Crippen molar-refractivity contribution < 1.29 is 4.74 Å². The van der Waals surface area contributed by atoms with Crippen LogP contribution in [0.15, 0.2) is 0 Å². The van der Waals surface area contributed by atoms with E-state index in [0.29, 0.717) is 12.0 Å². The number of hydrogen-bond donors (Lipinski definition) is 1. The van der Waals surface area contributed by atoms with Gasteiger partial charge in [-0.25, -0.2) is 0 Å². The van der Waals surface area contributed by atoms with Gasteiger partial charge in [0.25, 0.3) is 0 Å². The first kappa shape index (κ1) is 13.9. The molecule has 0 saturated heterocycles. The molecule has 0 aliphatic heterocycles. The molecule has 1 unspecified atom stereocenters. The SMILES string of the molecule is CCOCCN(CC)C(CN)C(C)C. The maximum absolute atomic E-state index is 5.77. The summed E-state index contributed by atoms with van der Waals surface area (Å²) >= 11 is 0. The number of nitrogens with two attached hydrogens (primary N) is 1. The van der Waals surface area contributed by atoms with Crippen molar-refractivity contribution in [2.75, 3.05) is 32.8 Å². The zero-order valence-electron chi connectivity index (χ0n) is 10.1. The highest BCUT2D eigenvalue weighted by molar-refractivity contribution is 4.74. The molecule has 0 aromatic rings. The third kappa shape index (κ3) is 4.94. The van der Waals surface area contributed by atoms with Crippen LogP contribution in [0.1, 0.15) is 27.7 Å². The van der Waals surface area contributed by atoms with Gasteiger partial charge in [-0.15, -0.1) is 0 Å². The van der Waals surface area contributed by atoms with E-state index in [1.807, 2.05) is 6.92 Å². The summed E-state index contributed by atoms with van der Waals surface area (Å²) in [6.45, 7) is 13.0. The Bertz CT molecular complexity index is 128. The largest absolute Gasteiger partial charge is 0.380 e. The lowest BCUT2D eigenvalue weighted by molar-refractivity contribution is 0.0862. The van der Waals surface area contributed by atoms with E-state index in [1.54, 1.807) is 0 Å². The Kier molecular flexibility index (Phi) is 8.14. The summed E-state index contributed by atoms with van der Waals surface area (Å²) in [7, 11) is 0. The molecule has 0 heterocycles. The number of likely N-dealkylation sites (N-methyl/N-ethyl adjacent to an activating group) is 1. The minimum atomic E-state index is 0.487. The molecule has 0 aliphatic carbocycles. The third-order valence-electron chi connectivity index (χ3n) is 2.61. The van der Waals surface area contributed by atoms with Crippen LogP contribution in [0.3, 0.4) is 0 Å². The maximum Gasteiger partial charge on any atom is 0.0593 e. The van der Waals surface area contributed by atoms with Crippen LogP contribution in [-0.4, -0.2) is 43.8 Å². The molecular weight excluding hydrogens is 176 g/mol. The van der Waals surface area contributed by atoms with E-state index in [9.17, 15) is 0 Å². The van der Waals surface area contributed by atoms with Crippen LogP contribution in [0.25, 0.3) is 0 Å². The normalized spacial score (nSPS) is 13.9. The Balaban J connectivity index is 3.95. The molecular formula is C11H26N2O. The molecule has 14 heavy (non-hydrogen) atoms. The fraction of sp³-hybridized carbons (Fsp3) is 1.00. The second-order valence-electron chi connectivity index (χ2n) is 3.87. The highest BCUT2D eigenvalue weighted by Gasteiger charge is 2.18. The first-order valence-electron chi connectivity index (χ1n) is 5.69. The lowest BCUT2D eigenvalue weighted by Gasteiger charge is -2.32. The third-order valence-corrected chi connectivity index (χ3v) is 2.61. The van der Waals surface area contributed by atoms with Crippen molar-refractivity contribution in [3.05, 3.63) is 0 Å². The summed E-state index contributed by atoms with van der Waals surface area (Å²) in [6.07, 6.45) is 0. The molecule has 0 aromatic carbocycles. The van der Waals surface area contributed by atoms with Crippen molar-refractivity contribution in [1.29, 1.82) is 0 Å². The molecule has 0 rings (SSSR count). The molecule has 0 bridgehead atoms. The molecule has 0 aromatic heterocycles. The number of nitrogens with zero attached hydrogens (tertiary/aromatic N) is 1. The standard InChI is InChI=1S/C11H26N2O/c1-5-13(7-8-14-6-2)11(9-12)10(3)4/h10-11H,5-9,12H2,1-4H3. The van der Waals surface area contributed by atoms with Crippen LogP contribution in [0.5, 0.6) is 0 Å². The van der Waals surface area contributed by atoms with E-state index in [1.165, 1.54) is 0 Å². The van der Waals surface area contributed by atoms with Gasteiger partial charge in [0.2, 0.25) is 0 Å². The van der Waals surface area contributed by atoms with Crippen LogP contribution >= 0.6 is 0 Å². The molecule has 86 valence electrons. The minimum Gasteiger partial charge on any atom is -0.380 e. The smallest absolute Gasteiger partial charge is 0.0593 e. The topological polar surface area (TPSA) is 38.5 Å². The Morgan fingerprint density at radius 3 is 2.29 bits per heavy atom. The molecule has 0 fully saturated rings. The summed E-state index contributed by atoms with van der Waals surface area (Å²) in [5.74, 6) is 0.613. The Morgan fingerprint density at radius 2 is 1.93 bits per heavy atom. The maximum atomic E-state index is 5.77. The van der Waals surface area contributed by atoms with E-state index >= 15 is 0 Å². The van der Waals surface area contributed by atoms with E-state index in [4.69, 9.17) is 10.5 Å². The molecule has 0 spiro atoms. The molecule has 1 atom stereocenters. The van der Waals surface area contributed by atoms with Gasteiger partial charge in [0.05, 0.1) is 6.61 Å². The van der Waals surface area contributed by atoms with Crippen LogP contribution in [0, 0.1) is 5.92 Å². The predicted molar refractivity (Wildman–Crippen MR) is 61.4 cm³/mol. The number of ether oxygens (including phenoxy) is 1. The minimum absolute atomic E-state index is 0.487. The summed E-state index contributed by atoms with van der Waals surface area (Å²) in [5.41, 5.74) is 5.77. The van der Waals surface area contributed by atoms with Gasteiger partial charge >= 0.3 is 0 Å². The van der Waals surface area contributed by atoms with E-state index in [2.05, 4.69) is 25.7 Å². The summed E-state index contributed by atoms with van der Waals surface area (Å²) in [5, 5.41) is 0. The summed E-state index contributed by atoms with van der Waals surface area (Å²) in [4.78, 5) is 2.40. The lowest BCUT2D eigenvalue weighted by atomic mass is 10.0. The monoisotopic (exact) mass is 202 g/mol. The van der Waals surface area contributed by atoms with E-state index < -0.39 is 0 Å². The van der Waals surface area contributed by atoms with Gasteiger partial charge in [-0.1, -0.05) is 20.8 Å². The average molecular weight is 202 g/mol. The van der Waals surface area contributed by atoms with Gasteiger partial charge in [-0.05, 0) is 19.4 Å². The fourth-order valence-corrected chi connectivity index (χ4v) is 1.73. The van der Waals surface area contributed by atoms with Gasteiger partial charge in [0, 0.05) is 25.7 Å². The Labute approximate surface area is 88.6 Å². The number of rotatable bonds is 8. The molecule has 3 heteroatoms. The summed E-state index contributed by atoms with van der Waals surface area (Å²) in [6, 6.07) is 0.487. The molecule has 3 nitrogen and oxygen atoms in total. The van der Waals surface area contributed by atoms with Crippen molar-refractivity contribution in [1.82, 2.24) is 4.90 Å². The second kappa shape index (κ2) is 8.21. The quantitative estimate of drug-likeness (QED) is 0.603. The van der Waals surface area contributed by atoms with Gasteiger partial charge < -0.3 is 10.5 Å². The zero-order chi connectivity index (χ0) is 11.0. The highest BCUT2D eigenvalue weighted by Crippen LogP contribution is 2.08. The van der Waals surface area contributed by atoms with Gasteiger partial charge in [0.1, 0.15) is 0 Å². The van der Waals surface area contributed by atoms with Crippen LogP contribution in [0.2, 0.25) is 0 Å². The van der Waals surface area contributed by atoms with Crippen molar-refractivity contribution in [3.63, 3.8) is 0 Å². The van der Waals surface area contributed by atoms with Crippen molar-refractivity contribution in [2.24, 2.45) is 11.7 Å². The number of hydrogen-bond acceptors (Lipinski definition) is 3. The van der Waals surface area contributed by atoms with Gasteiger partial charge in [0.15, 0.2) is 0 Å². The molecule has 0 amide bonds. The first-order chi connectivity index (χ1) is 6.67. The molecule has 0 saturated carbocycles. The summed E-state index contributed by atoms with van der Waals surface area (Å²) < 4.78 is 5.36. The zero-order valence-corrected chi connectivity index (χ0v) is 10.1. The molecule has 2 N–H and O–H groups in total. The van der Waals surface area contributed by atoms with Crippen molar-refractivity contribution in [2.45, 2.75) is 33.7 Å². The average Bonchev–Trinajstić information content (AvgIpc) is 2.16. The van der Waals surface area contributed by atoms with Crippen LogP contribution in [-0.2, 0) is 4.74 Å². The van der Waals surface area contributed by atoms with Crippen LogP contribution < -0.4 is 5.73 Å².